The number of hydrogen-bond acceptors (Lipinski definition) is 1. The van der Waals surface area contributed by atoms with Gasteiger partial charge in [-0.2, -0.15) is 26.3 Å². The summed E-state index contributed by atoms with van der Waals surface area (Å²) in [6, 6.07) is 1.34. The standard InChI is InChI=1S/C18H14Cl2F6O/c19-15-4-2-11(8-16(15)20)7-14(27)3-1-10-5-12(17(21,22)23)9-13(6-10)18(24,25)26/h2,4-6,9,16H,1,3,7-8H2. The van der Waals surface area contributed by atoms with Crippen LogP contribution < -0.4 is 0 Å². The normalized spacial score (nSPS) is 18.1. The molecule has 0 saturated heterocycles. The van der Waals surface area contributed by atoms with Crippen molar-refractivity contribution in [1.82, 2.24) is 0 Å². The summed E-state index contributed by atoms with van der Waals surface area (Å²) in [5.74, 6) is -0.303. The molecule has 0 radical (unpaired) electrons. The Bertz CT molecular complexity index is 745. The molecule has 1 aliphatic rings. The first kappa shape index (κ1) is 21.8. The maximum Gasteiger partial charge on any atom is 0.416 e. The van der Waals surface area contributed by atoms with Crippen LogP contribution in [0.3, 0.4) is 0 Å². The Morgan fingerprint density at radius 1 is 1.00 bits per heavy atom. The molecular weight excluding hydrogens is 417 g/mol. The fourth-order valence-corrected chi connectivity index (χ4v) is 3.03. The molecule has 27 heavy (non-hydrogen) atoms. The zero-order chi connectivity index (χ0) is 20.4. The minimum absolute atomic E-state index is 0.0228. The highest BCUT2D eigenvalue weighted by Crippen LogP contribution is 2.36. The maximum atomic E-state index is 12.8. The van der Waals surface area contributed by atoms with E-state index >= 15 is 0 Å². The van der Waals surface area contributed by atoms with Crippen molar-refractivity contribution in [2.24, 2.45) is 0 Å². The number of carbonyl (C=O) groups excluding carboxylic acids is 1. The van der Waals surface area contributed by atoms with Crippen LogP contribution in [-0.2, 0) is 23.6 Å². The minimum atomic E-state index is -4.91. The van der Waals surface area contributed by atoms with Gasteiger partial charge in [-0.1, -0.05) is 23.3 Å². The van der Waals surface area contributed by atoms with Gasteiger partial charge in [0.05, 0.1) is 16.5 Å². The van der Waals surface area contributed by atoms with Crippen molar-refractivity contribution in [1.29, 1.82) is 0 Å². The number of hydrogen-bond donors (Lipinski definition) is 0. The van der Waals surface area contributed by atoms with Gasteiger partial charge in [-0.05, 0) is 42.7 Å². The van der Waals surface area contributed by atoms with Gasteiger partial charge in [0.25, 0.3) is 0 Å². The van der Waals surface area contributed by atoms with Crippen molar-refractivity contribution >= 4 is 29.0 Å². The lowest BCUT2D eigenvalue weighted by molar-refractivity contribution is -0.143. The molecular formula is C18H14Cl2F6O. The number of aryl methyl sites for hydroxylation is 1. The number of alkyl halides is 7. The van der Waals surface area contributed by atoms with E-state index in [9.17, 15) is 31.1 Å². The molecule has 0 N–H and O–H groups in total. The first-order chi connectivity index (χ1) is 12.4. The predicted molar refractivity (Wildman–Crippen MR) is 90.7 cm³/mol. The van der Waals surface area contributed by atoms with Gasteiger partial charge in [-0.3, -0.25) is 4.79 Å². The minimum Gasteiger partial charge on any atom is -0.299 e. The fourth-order valence-electron chi connectivity index (χ4n) is 2.62. The van der Waals surface area contributed by atoms with Crippen LogP contribution in [0.2, 0.25) is 0 Å². The topological polar surface area (TPSA) is 17.1 Å². The van der Waals surface area contributed by atoms with Crippen LogP contribution in [0.4, 0.5) is 26.3 Å². The summed E-state index contributed by atoms with van der Waals surface area (Å²) in [6.07, 6.45) is -6.62. The Balaban J connectivity index is 2.09. The lowest BCUT2D eigenvalue weighted by Gasteiger charge is -2.16. The monoisotopic (exact) mass is 430 g/mol. The Kier molecular flexibility index (Phi) is 6.68. The van der Waals surface area contributed by atoms with E-state index in [4.69, 9.17) is 23.2 Å². The number of benzene rings is 1. The molecule has 1 aromatic carbocycles. The summed E-state index contributed by atoms with van der Waals surface area (Å²) in [5.41, 5.74) is -2.26. The summed E-state index contributed by atoms with van der Waals surface area (Å²) in [7, 11) is 0. The smallest absolute Gasteiger partial charge is 0.299 e. The second-order valence-corrected chi connectivity index (χ2v) is 7.14. The summed E-state index contributed by atoms with van der Waals surface area (Å²) in [5, 5.41) is -0.00575. The van der Waals surface area contributed by atoms with E-state index in [1.807, 2.05) is 0 Å². The molecule has 0 heterocycles. The quantitative estimate of drug-likeness (QED) is 0.376. The van der Waals surface area contributed by atoms with E-state index in [1.165, 1.54) is 0 Å². The zero-order valence-corrected chi connectivity index (χ0v) is 15.2. The Hall–Kier alpha value is -1.47. The molecule has 0 saturated carbocycles. The average Bonchev–Trinajstić information content (AvgIpc) is 2.54. The van der Waals surface area contributed by atoms with E-state index in [2.05, 4.69) is 0 Å². The van der Waals surface area contributed by atoms with E-state index in [0.717, 1.165) is 0 Å². The lowest BCUT2D eigenvalue weighted by atomic mass is 9.95. The number of allylic oxidation sites excluding steroid dienone is 4. The summed E-state index contributed by atoms with van der Waals surface area (Å²) in [4.78, 5) is 12.1. The third-order valence-corrected chi connectivity index (χ3v) is 4.87. The van der Waals surface area contributed by atoms with Crippen LogP contribution in [0, 0.1) is 0 Å². The molecule has 0 aromatic heterocycles. The highest BCUT2D eigenvalue weighted by Gasteiger charge is 2.36. The first-order valence-electron chi connectivity index (χ1n) is 7.85. The number of halogens is 8. The summed E-state index contributed by atoms with van der Waals surface area (Å²) >= 11 is 11.8. The lowest BCUT2D eigenvalue weighted by Crippen LogP contribution is -2.12. The molecule has 0 fully saturated rings. The van der Waals surface area contributed by atoms with Crippen LogP contribution >= 0.6 is 23.2 Å². The Morgan fingerprint density at radius 3 is 2.04 bits per heavy atom. The van der Waals surface area contributed by atoms with Crippen molar-refractivity contribution in [2.75, 3.05) is 0 Å². The van der Waals surface area contributed by atoms with E-state index in [-0.39, 0.29) is 36.7 Å². The molecule has 1 nitrogen and oxygen atoms in total. The number of Topliss-reactive ketones (excluding diaryl/α,β-unsaturated/α-hetero) is 1. The number of ketones is 1. The van der Waals surface area contributed by atoms with Gasteiger partial charge in [0.1, 0.15) is 5.78 Å². The molecule has 1 aromatic rings. The van der Waals surface area contributed by atoms with Crippen molar-refractivity contribution in [3.8, 4) is 0 Å². The largest absolute Gasteiger partial charge is 0.416 e. The van der Waals surface area contributed by atoms with Crippen LogP contribution in [-0.4, -0.2) is 11.2 Å². The second kappa shape index (κ2) is 8.27. The van der Waals surface area contributed by atoms with Gasteiger partial charge in [-0.25, -0.2) is 0 Å². The molecule has 0 aliphatic heterocycles. The molecule has 9 heteroatoms. The van der Waals surface area contributed by atoms with Crippen molar-refractivity contribution in [2.45, 2.75) is 43.4 Å². The maximum absolute atomic E-state index is 12.8. The van der Waals surface area contributed by atoms with Crippen LogP contribution in [0.25, 0.3) is 0 Å². The van der Waals surface area contributed by atoms with Crippen LogP contribution in [0.15, 0.2) is 41.0 Å². The van der Waals surface area contributed by atoms with Gasteiger partial charge in [0.15, 0.2) is 0 Å². The van der Waals surface area contributed by atoms with Gasteiger partial charge >= 0.3 is 12.4 Å². The molecule has 1 unspecified atom stereocenters. The highest BCUT2D eigenvalue weighted by atomic mass is 35.5. The SMILES string of the molecule is O=C(CCc1cc(C(F)(F)F)cc(C(F)(F)F)c1)CC1=CC=C(Cl)C(Cl)C1. The molecule has 1 atom stereocenters. The zero-order valence-electron chi connectivity index (χ0n) is 13.7. The highest BCUT2D eigenvalue weighted by molar-refractivity contribution is 6.37. The first-order valence-corrected chi connectivity index (χ1v) is 8.67. The van der Waals surface area contributed by atoms with Gasteiger partial charge < -0.3 is 0 Å². The van der Waals surface area contributed by atoms with Gasteiger partial charge in [0, 0.05) is 17.9 Å². The van der Waals surface area contributed by atoms with Crippen molar-refractivity contribution < 1.29 is 31.1 Å². The molecule has 0 amide bonds. The second-order valence-electron chi connectivity index (χ2n) is 6.18. The molecule has 148 valence electrons. The van der Waals surface area contributed by atoms with Gasteiger partial charge in [0.2, 0.25) is 0 Å². The fraction of sp³-hybridized carbons (Fsp3) is 0.389. The molecule has 0 spiro atoms. The van der Waals surface area contributed by atoms with Crippen LogP contribution in [0.5, 0.6) is 0 Å². The van der Waals surface area contributed by atoms with Crippen LogP contribution in [0.1, 0.15) is 36.0 Å². The summed E-state index contributed by atoms with van der Waals surface area (Å²) in [6.45, 7) is 0. The van der Waals surface area contributed by atoms with Crippen molar-refractivity contribution in [3.63, 3.8) is 0 Å². The molecule has 2 rings (SSSR count). The Morgan fingerprint density at radius 2 is 1.56 bits per heavy atom. The van der Waals surface area contributed by atoms with E-state index < -0.39 is 28.9 Å². The van der Waals surface area contributed by atoms with E-state index in [0.29, 0.717) is 29.2 Å². The third kappa shape index (κ3) is 6.28. The predicted octanol–water partition coefficient (Wildman–Crippen LogP) is 6.68. The van der Waals surface area contributed by atoms with E-state index in [1.54, 1.807) is 12.2 Å². The van der Waals surface area contributed by atoms with Gasteiger partial charge in [-0.15, -0.1) is 11.6 Å². The Labute approximate surface area is 161 Å². The number of rotatable bonds is 5. The number of carbonyl (C=O) groups is 1. The van der Waals surface area contributed by atoms with Crippen molar-refractivity contribution in [3.05, 3.63) is 57.6 Å². The molecule has 1 aliphatic carbocycles. The molecule has 0 bridgehead atoms. The average molecular weight is 431 g/mol. The third-order valence-electron chi connectivity index (χ3n) is 3.98. The summed E-state index contributed by atoms with van der Waals surface area (Å²) < 4.78 is 77.1.